The average Bonchev–Trinajstić information content (AvgIpc) is 2.30. The van der Waals surface area contributed by atoms with Gasteiger partial charge in [0, 0.05) is 6.20 Å². The third-order valence-corrected chi connectivity index (χ3v) is 2.11. The molecule has 0 radical (unpaired) electrons. The predicted molar refractivity (Wildman–Crippen MR) is 58.4 cm³/mol. The highest BCUT2D eigenvalue weighted by Crippen LogP contribution is 2.01. The van der Waals surface area contributed by atoms with Crippen molar-refractivity contribution in [3.8, 4) is 5.69 Å². The van der Waals surface area contributed by atoms with Crippen LogP contribution in [0, 0.1) is 0 Å². The molecule has 2 aromatic rings. The molecule has 0 atom stereocenters. The Morgan fingerprint density at radius 3 is 2.50 bits per heavy atom. The summed E-state index contributed by atoms with van der Waals surface area (Å²) in [4.78, 5) is 22.8. The van der Waals surface area contributed by atoms with Crippen LogP contribution in [0.1, 0.15) is 10.4 Å². The molecular weight excluding hydrogens is 206 g/mol. The van der Waals surface area contributed by atoms with Crippen molar-refractivity contribution in [2.75, 3.05) is 0 Å². The van der Waals surface area contributed by atoms with Crippen molar-refractivity contribution in [1.29, 1.82) is 0 Å². The first-order valence-electron chi connectivity index (χ1n) is 4.64. The third-order valence-electron chi connectivity index (χ3n) is 2.11. The molecule has 2 N–H and O–H groups in total. The minimum atomic E-state index is -0.753. The quantitative estimate of drug-likeness (QED) is 0.784. The van der Waals surface area contributed by atoms with Crippen molar-refractivity contribution in [3.05, 3.63) is 58.5 Å². The van der Waals surface area contributed by atoms with Gasteiger partial charge in [0.05, 0.1) is 5.69 Å². The molecule has 0 fully saturated rings. The Hall–Kier alpha value is -2.43. The number of para-hydroxylation sites is 1. The van der Waals surface area contributed by atoms with Gasteiger partial charge in [-0.1, -0.05) is 18.2 Å². The summed E-state index contributed by atoms with van der Waals surface area (Å²) < 4.78 is 1.14. The van der Waals surface area contributed by atoms with Crippen LogP contribution in [0.15, 0.2) is 47.4 Å². The molecule has 0 saturated carbocycles. The lowest BCUT2D eigenvalue weighted by Gasteiger charge is -2.04. The summed E-state index contributed by atoms with van der Waals surface area (Å²) >= 11 is 0. The Bertz CT molecular complexity index is 575. The third kappa shape index (κ3) is 1.70. The van der Waals surface area contributed by atoms with Gasteiger partial charge >= 0.3 is 0 Å². The molecule has 16 heavy (non-hydrogen) atoms. The highest BCUT2D eigenvalue weighted by atomic mass is 16.2. The lowest BCUT2D eigenvalue weighted by atomic mass is 10.3. The summed E-state index contributed by atoms with van der Waals surface area (Å²) in [5.74, 6) is -0.753. The molecule has 1 aromatic carbocycles. The minimum Gasteiger partial charge on any atom is -0.365 e. The van der Waals surface area contributed by atoms with Crippen LogP contribution in [-0.2, 0) is 0 Å². The second kappa shape index (κ2) is 3.98. The largest absolute Gasteiger partial charge is 0.365 e. The van der Waals surface area contributed by atoms with Crippen LogP contribution in [0.5, 0.6) is 0 Å². The summed E-state index contributed by atoms with van der Waals surface area (Å²) in [5.41, 5.74) is 5.09. The maximum Gasteiger partial charge on any atom is 0.284 e. The fourth-order valence-corrected chi connectivity index (χ4v) is 1.35. The molecule has 5 nitrogen and oxygen atoms in total. The number of hydrogen-bond acceptors (Lipinski definition) is 3. The summed E-state index contributed by atoms with van der Waals surface area (Å²) in [6.07, 6.45) is 1.37. The number of hydrogen-bond donors (Lipinski definition) is 1. The van der Waals surface area contributed by atoms with E-state index >= 15 is 0 Å². The molecule has 0 unspecified atom stereocenters. The number of carbonyl (C=O) groups is 1. The van der Waals surface area contributed by atoms with Crippen LogP contribution in [0.25, 0.3) is 5.69 Å². The monoisotopic (exact) mass is 215 g/mol. The van der Waals surface area contributed by atoms with Gasteiger partial charge in [-0.2, -0.15) is 9.78 Å². The molecule has 0 bridgehead atoms. The molecule has 0 saturated heterocycles. The SMILES string of the molecule is NC(=O)c1ccnn(-c2ccccc2)c1=O. The van der Waals surface area contributed by atoms with Crippen LogP contribution in [0.3, 0.4) is 0 Å². The number of primary amides is 1. The van der Waals surface area contributed by atoms with E-state index in [1.165, 1.54) is 12.3 Å². The molecule has 1 heterocycles. The van der Waals surface area contributed by atoms with Crippen LogP contribution < -0.4 is 11.3 Å². The molecule has 80 valence electrons. The van der Waals surface area contributed by atoms with Gasteiger partial charge in [-0.15, -0.1) is 0 Å². The number of nitrogens with two attached hydrogens (primary N) is 1. The maximum absolute atomic E-state index is 11.8. The van der Waals surface area contributed by atoms with E-state index < -0.39 is 11.5 Å². The molecule has 0 aliphatic heterocycles. The summed E-state index contributed by atoms with van der Waals surface area (Å²) in [6, 6.07) is 10.1. The second-order valence-electron chi connectivity index (χ2n) is 3.16. The summed E-state index contributed by atoms with van der Waals surface area (Å²) in [6.45, 7) is 0. The Morgan fingerprint density at radius 1 is 1.19 bits per heavy atom. The first-order chi connectivity index (χ1) is 7.70. The van der Waals surface area contributed by atoms with Crippen LogP contribution in [0.2, 0.25) is 0 Å². The predicted octanol–water partition coefficient (Wildman–Crippen LogP) is 0.331. The van der Waals surface area contributed by atoms with E-state index in [1.54, 1.807) is 24.3 Å². The number of rotatable bonds is 2. The zero-order valence-electron chi connectivity index (χ0n) is 8.33. The van der Waals surface area contributed by atoms with Gasteiger partial charge < -0.3 is 5.73 Å². The smallest absolute Gasteiger partial charge is 0.284 e. The number of carbonyl (C=O) groups excluding carboxylic acids is 1. The van der Waals surface area contributed by atoms with Crippen molar-refractivity contribution >= 4 is 5.91 Å². The zero-order valence-corrected chi connectivity index (χ0v) is 8.33. The van der Waals surface area contributed by atoms with Crippen molar-refractivity contribution < 1.29 is 4.79 Å². The van der Waals surface area contributed by atoms with Gasteiger partial charge in [0.1, 0.15) is 5.56 Å². The van der Waals surface area contributed by atoms with Crippen molar-refractivity contribution in [2.24, 2.45) is 5.73 Å². The number of nitrogens with zero attached hydrogens (tertiary/aromatic N) is 2. The normalized spacial score (nSPS) is 10.0. The number of amides is 1. The van der Waals surface area contributed by atoms with Crippen LogP contribution in [-0.4, -0.2) is 15.7 Å². The fraction of sp³-hybridized carbons (Fsp3) is 0. The van der Waals surface area contributed by atoms with Crippen molar-refractivity contribution in [2.45, 2.75) is 0 Å². The van der Waals surface area contributed by atoms with Gasteiger partial charge in [-0.05, 0) is 18.2 Å². The highest BCUT2D eigenvalue weighted by Gasteiger charge is 2.09. The van der Waals surface area contributed by atoms with E-state index in [0.717, 1.165) is 4.68 Å². The van der Waals surface area contributed by atoms with E-state index in [-0.39, 0.29) is 5.56 Å². The molecule has 2 rings (SSSR count). The van der Waals surface area contributed by atoms with E-state index in [0.29, 0.717) is 5.69 Å². The molecule has 1 amide bonds. The zero-order chi connectivity index (χ0) is 11.5. The Morgan fingerprint density at radius 2 is 1.88 bits per heavy atom. The molecule has 1 aromatic heterocycles. The maximum atomic E-state index is 11.8. The fourth-order valence-electron chi connectivity index (χ4n) is 1.35. The van der Waals surface area contributed by atoms with Gasteiger partial charge in [0.15, 0.2) is 0 Å². The molecular formula is C11H9N3O2. The first kappa shape index (κ1) is 10.1. The van der Waals surface area contributed by atoms with Crippen LogP contribution in [0.4, 0.5) is 0 Å². The lowest BCUT2D eigenvalue weighted by Crippen LogP contribution is -2.29. The van der Waals surface area contributed by atoms with E-state index in [4.69, 9.17) is 5.73 Å². The second-order valence-corrected chi connectivity index (χ2v) is 3.16. The Kier molecular flexibility index (Phi) is 2.51. The van der Waals surface area contributed by atoms with Crippen molar-refractivity contribution in [1.82, 2.24) is 9.78 Å². The molecule has 0 spiro atoms. The van der Waals surface area contributed by atoms with Gasteiger partial charge in [-0.25, -0.2) is 0 Å². The van der Waals surface area contributed by atoms with Gasteiger partial charge in [0.25, 0.3) is 11.5 Å². The number of benzene rings is 1. The van der Waals surface area contributed by atoms with Crippen LogP contribution >= 0.6 is 0 Å². The summed E-state index contributed by atoms with van der Waals surface area (Å²) in [7, 11) is 0. The first-order valence-corrected chi connectivity index (χ1v) is 4.64. The van der Waals surface area contributed by atoms with Crippen molar-refractivity contribution in [3.63, 3.8) is 0 Å². The molecule has 5 heteroatoms. The van der Waals surface area contributed by atoms with Gasteiger partial charge in [-0.3, -0.25) is 9.59 Å². The lowest BCUT2D eigenvalue weighted by molar-refractivity contribution is 0.0998. The molecule has 0 aliphatic carbocycles. The highest BCUT2D eigenvalue weighted by molar-refractivity contribution is 5.92. The minimum absolute atomic E-state index is 0.0705. The Balaban J connectivity index is 2.64. The summed E-state index contributed by atoms with van der Waals surface area (Å²) in [5, 5.41) is 3.89. The van der Waals surface area contributed by atoms with E-state index in [1.807, 2.05) is 6.07 Å². The topological polar surface area (TPSA) is 78.0 Å². The average molecular weight is 215 g/mol. The number of aromatic nitrogens is 2. The Labute approximate surface area is 91.1 Å². The standard InChI is InChI=1S/C11H9N3O2/c12-10(15)9-6-7-13-14(11(9)16)8-4-2-1-3-5-8/h1-7H,(H2,12,15). The van der Waals surface area contributed by atoms with E-state index in [9.17, 15) is 9.59 Å². The molecule has 0 aliphatic rings. The van der Waals surface area contributed by atoms with E-state index in [2.05, 4.69) is 5.10 Å². The van der Waals surface area contributed by atoms with Gasteiger partial charge in [0.2, 0.25) is 0 Å².